The Hall–Kier alpha value is -3.21. The van der Waals surface area contributed by atoms with Crippen molar-refractivity contribution < 1.29 is 0 Å². The van der Waals surface area contributed by atoms with E-state index < -0.39 is 0 Å². The fraction of sp³-hybridized carbons (Fsp3) is 0.0556. The van der Waals surface area contributed by atoms with Gasteiger partial charge in [-0.05, 0) is 19.1 Å². The van der Waals surface area contributed by atoms with E-state index in [1.165, 1.54) is 4.52 Å². The lowest BCUT2D eigenvalue weighted by molar-refractivity contribution is 0.882. The quantitative estimate of drug-likeness (QED) is 0.619. The maximum atomic E-state index is 12.4. The van der Waals surface area contributed by atoms with Crippen LogP contribution in [-0.2, 0) is 0 Å². The van der Waals surface area contributed by atoms with Gasteiger partial charge in [0.05, 0.1) is 17.0 Å². The average molecular weight is 302 g/mol. The minimum Gasteiger partial charge on any atom is -0.293 e. The van der Waals surface area contributed by atoms with Gasteiger partial charge in [0.1, 0.15) is 0 Å². The summed E-state index contributed by atoms with van der Waals surface area (Å²) in [5, 5.41) is 3.07. The predicted octanol–water partition coefficient (Wildman–Crippen LogP) is 3.06. The first-order valence-electron chi connectivity index (χ1n) is 7.33. The van der Waals surface area contributed by atoms with Crippen molar-refractivity contribution in [1.82, 2.24) is 19.6 Å². The molecule has 0 aliphatic carbocycles. The molecule has 0 radical (unpaired) electrons. The molecule has 0 saturated heterocycles. The Kier molecular flexibility index (Phi) is 3.05. The number of nitrogens with one attached hydrogen (secondary N) is 1. The summed E-state index contributed by atoms with van der Waals surface area (Å²) >= 11 is 0. The van der Waals surface area contributed by atoms with E-state index >= 15 is 0 Å². The summed E-state index contributed by atoms with van der Waals surface area (Å²) in [5.41, 5.74) is 4.52. The molecule has 3 heterocycles. The van der Waals surface area contributed by atoms with Crippen LogP contribution in [0, 0.1) is 6.92 Å². The SMILES string of the molecule is Cc1[nH]n2c(=O)cc(-c3ccccc3)nc2c1-c1ccccn1. The summed E-state index contributed by atoms with van der Waals surface area (Å²) in [6.45, 7) is 1.92. The second-order valence-electron chi connectivity index (χ2n) is 5.33. The van der Waals surface area contributed by atoms with Gasteiger partial charge in [-0.3, -0.25) is 14.9 Å². The lowest BCUT2D eigenvalue weighted by Crippen LogP contribution is -2.14. The van der Waals surface area contributed by atoms with Crippen molar-refractivity contribution in [3.63, 3.8) is 0 Å². The molecule has 0 atom stereocenters. The number of hydrogen-bond acceptors (Lipinski definition) is 3. The summed E-state index contributed by atoms with van der Waals surface area (Å²) in [6, 6.07) is 16.9. The molecule has 0 spiro atoms. The molecule has 3 aromatic heterocycles. The molecule has 0 amide bonds. The highest BCUT2D eigenvalue weighted by Crippen LogP contribution is 2.26. The molecule has 0 aliphatic rings. The van der Waals surface area contributed by atoms with E-state index in [1.54, 1.807) is 12.3 Å². The van der Waals surface area contributed by atoms with Gasteiger partial charge in [0, 0.05) is 23.5 Å². The van der Waals surface area contributed by atoms with Crippen LogP contribution in [0.3, 0.4) is 0 Å². The number of aryl methyl sites for hydroxylation is 1. The zero-order valence-electron chi connectivity index (χ0n) is 12.5. The summed E-state index contributed by atoms with van der Waals surface area (Å²) < 4.78 is 1.46. The largest absolute Gasteiger partial charge is 0.293 e. The molecule has 4 aromatic rings. The molecular weight excluding hydrogens is 288 g/mol. The molecular formula is C18H14N4O. The molecule has 0 unspecified atom stereocenters. The highest BCUT2D eigenvalue weighted by atomic mass is 16.1. The molecule has 5 heteroatoms. The van der Waals surface area contributed by atoms with Gasteiger partial charge in [0.2, 0.25) is 0 Å². The number of H-pyrrole nitrogens is 1. The zero-order valence-corrected chi connectivity index (χ0v) is 12.5. The van der Waals surface area contributed by atoms with E-state index in [4.69, 9.17) is 4.98 Å². The third kappa shape index (κ3) is 2.23. The number of pyridine rings is 1. The van der Waals surface area contributed by atoms with E-state index in [-0.39, 0.29) is 5.56 Å². The minimum atomic E-state index is -0.140. The third-order valence-electron chi connectivity index (χ3n) is 3.79. The minimum absolute atomic E-state index is 0.140. The molecule has 1 aromatic carbocycles. The maximum absolute atomic E-state index is 12.4. The Balaban J connectivity index is 2.04. The van der Waals surface area contributed by atoms with Crippen LogP contribution in [-0.4, -0.2) is 19.6 Å². The molecule has 1 N–H and O–H groups in total. The Labute approximate surface area is 132 Å². The number of rotatable bonds is 2. The number of nitrogens with zero attached hydrogens (tertiary/aromatic N) is 3. The van der Waals surface area contributed by atoms with E-state index in [1.807, 2.05) is 55.5 Å². The fourth-order valence-electron chi connectivity index (χ4n) is 2.72. The first-order chi connectivity index (χ1) is 11.2. The number of aromatic amines is 1. The second kappa shape index (κ2) is 5.21. The van der Waals surface area contributed by atoms with Crippen LogP contribution in [0.4, 0.5) is 0 Å². The fourth-order valence-corrected chi connectivity index (χ4v) is 2.72. The van der Waals surface area contributed by atoms with Crippen LogP contribution in [0.1, 0.15) is 5.69 Å². The van der Waals surface area contributed by atoms with E-state index in [9.17, 15) is 4.79 Å². The summed E-state index contributed by atoms with van der Waals surface area (Å²) in [7, 11) is 0. The van der Waals surface area contributed by atoms with Gasteiger partial charge in [0.15, 0.2) is 5.65 Å². The summed E-state index contributed by atoms with van der Waals surface area (Å²) in [4.78, 5) is 21.5. The van der Waals surface area contributed by atoms with Crippen LogP contribution in [0.5, 0.6) is 0 Å². The standard InChI is InChI=1S/C18H14N4O/c1-12-17(14-9-5-6-10-19-14)18-20-15(11-16(23)22(18)21-12)13-7-3-2-4-8-13/h2-11,21H,1H3. The van der Waals surface area contributed by atoms with Crippen molar-refractivity contribution in [2.75, 3.05) is 0 Å². The van der Waals surface area contributed by atoms with Gasteiger partial charge in [-0.2, -0.15) is 0 Å². The Morgan fingerprint density at radius 1 is 1.00 bits per heavy atom. The van der Waals surface area contributed by atoms with Gasteiger partial charge in [-0.1, -0.05) is 36.4 Å². The summed E-state index contributed by atoms with van der Waals surface area (Å²) in [5.74, 6) is 0. The van der Waals surface area contributed by atoms with Gasteiger partial charge in [-0.15, -0.1) is 0 Å². The number of benzene rings is 1. The van der Waals surface area contributed by atoms with Crippen molar-refractivity contribution in [2.24, 2.45) is 0 Å². The third-order valence-corrected chi connectivity index (χ3v) is 3.79. The Morgan fingerprint density at radius 2 is 1.78 bits per heavy atom. The lowest BCUT2D eigenvalue weighted by Gasteiger charge is -2.03. The highest BCUT2D eigenvalue weighted by Gasteiger charge is 2.15. The molecule has 0 aliphatic heterocycles. The van der Waals surface area contributed by atoms with Gasteiger partial charge >= 0.3 is 0 Å². The normalized spacial score (nSPS) is 11.0. The molecule has 4 rings (SSSR count). The average Bonchev–Trinajstić information content (AvgIpc) is 2.93. The van der Waals surface area contributed by atoms with E-state index in [2.05, 4.69) is 10.1 Å². The zero-order chi connectivity index (χ0) is 15.8. The first kappa shape index (κ1) is 13.5. The van der Waals surface area contributed by atoms with E-state index in [0.717, 1.165) is 22.5 Å². The number of hydrogen-bond donors (Lipinski definition) is 1. The lowest BCUT2D eigenvalue weighted by atomic mass is 10.1. The summed E-state index contributed by atoms with van der Waals surface area (Å²) in [6.07, 6.45) is 1.73. The Morgan fingerprint density at radius 3 is 2.52 bits per heavy atom. The monoisotopic (exact) mass is 302 g/mol. The first-order valence-corrected chi connectivity index (χ1v) is 7.33. The van der Waals surface area contributed by atoms with Gasteiger partial charge in [-0.25, -0.2) is 9.50 Å². The molecule has 0 bridgehead atoms. The van der Waals surface area contributed by atoms with E-state index in [0.29, 0.717) is 11.3 Å². The predicted molar refractivity (Wildman–Crippen MR) is 89.2 cm³/mol. The molecule has 0 saturated carbocycles. The van der Waals surface area contributed by atoms with Crippen LogP contribution in [0.2, 0.25) is 0 Å². The van der Waals surface area contributed by atoms with Crippen LogP contribution in [0.25, 0.3) is 28.2 Å². The molecule has 23 heavy (non-hydrogen) atoms. The van der Waals surface area contributed by atoms with Crippen LogP contribution in [0.15, 0.2) is 65.6 Å². The van der Waals surface area contributed by atoms with Gasteiger partial charge < -0.3 is 0 Å². The number of fused-ring (bicyclic) bond motifs is 1. The van der Waals surface area contributed by atoms with Crippen LogP contribution < -0.4 is 5.56 Å². The molecule has 5 nitrogen and oxygen atoms in total. The van der Waals surface area contributed by atoms with Crippen molar-refractivity contribution in [1.29, 1.82) is 0 Å². The highest BCUT2D eigenvalue weighted by molar-refractivity contribution is 5.78. The molecule has 0 fully saturated rings. The van der Waals surface area contributed by atoms with Crippen molar-refractivity contribution in [3.05, 3.63) is 76.8 Å². The van der Waals surface area contributed by atoms with Crippen molar-refractivity contribution in [2.45, 2.75) is 6.92 Å². The second-order valence-corrected chi connectivity index (χ2v) is 5.33. The van der Waals surface area contributed by atoms with Crippen molar-refractivity contribution in [3.8, 4) is 22.5 Å². The maximum Gasteiger partial charge on any atom is 0.273 e. The molecule has 112 valence electrons. The van der Waals surface area contributed by atoms with Crippen LogP contribution >= 0.6 is 0 Å². The van der Waals surface area contributed by atoms with Crippen molar-refractivity contribution >= 4 is 5.65 Å². The topological polar surface area (TPSA) is 63.0 Å². The van der Waals surface area contributed by atoms with Gasteiger partial charge in [0.25, 0.3) is 5.56 Å². The number of aromatic nitrogens is 4. The smallest absolute Gasteiger partial charge is 0.273 e. The Bertz CT molecular complexity index is 1030.